The summed E-state index contributed by atoms with van der Waals surface area (Å²) in [5.41, 5.74) is 0.523. The molecule has 1 aromatic rings. The second-order valence-corrected chi connectivity index (χ2v) is 2.69. The van der Waals surface area contributed by atoms with Crippen LogP contribution in [0, 0.1) is 6.57 Å². The van der Waals surface area contributed by atoms with Gasteiger partial charge in [0.2, 0.25) is 5.69 Å². The highest BCUT2D eigenvalue weighted by atomic mass is 14.9. The maximum Gasteiger partial charge on any atom is 0.222 e. The summed E-state index contributed by atoms with van der Waals surface area (Å²) in [7, 11) is 0. The topological polar surface area (TPSA) is 30.1 Å². The highest BCUT2D eigenvalue weighted by molar-refractivity contribution is 5.38. The predicted molar refractivity (Wildman–Crippen MR) is 40.3 cm³/mol. The van der Waals surface area contributed by atoms with Crippen LogP contribution in [-0.4, -0.2) is 9.97 Å². The molecule has 3 nitrogen and oxygen atoms in total. The van der Waals surface area contributed by atoms with Gasteiger partial charge in [0.25, 0.3) is 0 Å². The average molecular weight is 145 g/mol. The Morgan fingerprint density at radius 2 is 2.00 bits per heavy atom. The lowest BCUT2D eigenvalue weighted by atomic mass is 10.4. The summed E-state index contributed by atoms with van der Waals surface area (Å²) in [6.45, 7) is 6.68. The van der Waals surface area contributed by atoms with Gasteiger partial charge in [0.15, 0.2) is 0 Å². The molecule has 1 saturated carbocycles. The largest absolute Gasteiger partial charge is 0.253 e. The zero-order chi connectivity index (χ0) is 7.68. The molecule has 0 aromatic carbocycles. The van der Waals surface area contributed by atoms with E-state index in [0.717, 1.165) is 5.82 Å². The van der Waals surface area contributed by atoms with Crippen molar-refractivity contribution in [3.8, 4) is 0 Å². The third-order valence-electron chi connectivity index (χ3n) is 1.73. The second kappa shape index (κ2) is 2.31. The first-order valence-electron chi connectivity index (χ1n) is 3.59. The molecule has 0 atom stereocenters. The van der Waals surface area contributed by atoms with Gasteiger partial charge < -0.3 is 0 Å². The quantitative estimate of drug-likeness (QED) is 0.565. The smallest absolute Gasteiger partial charge is 0.222 e. The summed E-state index contributed by atoms with van der Waals surface area (Å²) < 4.78 is 0. The van der Waals surface area contributed by atoms with Crippen LogP contribution in [-0.2, 0) is 0 Å². The summed E-state index contributed by atoms with van der Waals surface area (Å²) in [6, 6.07) is 0. The van der Waals surface area contributed by atoms with Crippen LogP contribution < -0.4 is 0 Å². The van der Waals surface area contributed by atoms with E-state index in [2.05, 4.69) is 14.8 Å². The third kappa shape index (κ3) is 1.20. The summed E-state index contributed by atoms with van der Waals surface area (Å²) in [4.78, 5) is 11.4. The summed E-state index contributed by atoms with van der Waals surface area (Å²) in [6.07, 6.45) is 5.59. The van der Waals surface area contributed by atoms with Gasteiger partial charge in [-0.15, -0.1) is 0 Å². The molecule has 1 heterocycles. The van der Waals surface area contributed by atoms with Gasteiger partial charge >= 0.3 is 0 Å². The first-order valence-corrected chi connectivity index (χ1v) is 3.59. The molecular weight excluding hydrogens is 138 g/mol. The standard InChI is InChI=1S/C8H7N3/c1-9-7-4-10-8(11-5-7)6-2-3-6/h4-6H,2-3H2. The minimum absolute atomic E-state index is 0.523. The highest BCUT2D eigenvalue weighted by Crippen LogP contribution is 2.37. The molecule has 1 fully saturated rings. The Hall–Kier alpha value is -1.43. The number of hydrogen-bond acceptors (Lipinski definition) is 2. The fourth-order valence-electron chi connectivity index (χ4n) is 0.941. The van der Waals surface area contributed by atoms with Crippen molar-refractivity contribution in [1.29, 1.82) is 0 Å². The van der Waals surface area contributed by atoms with Crippen molar-refractivity contribution >= 4 is 5.69 Å². The van der Waals surface area contributed by atoms with E-state index in [0.29, 0.717) is 11.6 Å². The van der Waals surface area contributed by atoms with Crippen molar-refractivity contribution in [2.24, 2.45) is 0 Å². The minimum Gasteiger partial charge on any atom is -0.253 e. The fourth-order valence-corrected chi connectivity index (χ4v) is 0.941. The highest BCUT2D eigenvalue weighted by Gasteiger charge is 2.25. The maximum absolute atomic E-state index is 6.68. The van der Waals surface area contributed by atoms with Crippen LogP contribution in [0.3, 0.4) is 0 Å². The molecule has 1 aliphatic rings. The molecule has 11 heavy (non-hydrogen) atoms. The van der Waals surface area contributed by atoms with Gasteiger partial charge in [-0.05, 0) is 12.8 Å². The Bertz CT molecular complexity index is 292. The average Bonchev–Trinajstić information content (AvgIpc) is 2.87. The molecule has 1 aromatic heterocycles. The number of aromatic nitrogens is 2. The van der Waals surface area contributed by atoms with Gasteiger partial charge in [-0.1, -0.05) is 0 Å². The van der Waals surface area contributed by atoms with E-state index in [-0.39, 0.29) is 0 Å². The van der Waals surface area contributed by atoms with E-state index in [9.17, 15) is 0 Å². The van der Waals surface area contributed by atoms with E-state index in [4.69, 9.17) is 6.57 Å². The Labute approximate surface area is 64.9 Å². The molecule has 3 heteroatoms. The van der Waals surface area contributed by atoms with Crippen molar-refractivity contribution in [1.82, 2.24) is 9.97 Å². The zero-order valence-electron chi connectivity index (χ0n) is 5.99. The normalized spacial score (nSPS) is 15.9. The lowest BCUT2D eigenvalue weighted by Crippen LogP contribution is -1.88. The molecule has 0 unspecified atom stereocenters. The molecule has 0 radical (unpaired) electrons. The summed E-state index contributed by atoms with van der Waals surface area (Å²) >= 11 is 0. The van der Waals surface area contributed by atoms with Crippen molar-refractivity contribution in [2.45, 2.75) is 18.8 Å². The number of rotatable bonds is 1. The molecular formula is C8H7N3. The van der Waals surface area contributed by atoms with Gasteiger partial charge in [0.05, 0.1) is 6.57 Å². The first kappa shape index (κ1) is 6.29. The van der Waals surface area contributed by atoms with Crippen molar-refractivity contribution in [3.63, 3.8) is 0 Å². The van der Waals surface area contributed by atoms with Gasteiger partial charge in [0.1, 0.15) is 5.82 Å². The number of hydrogen-bond donors (Lipinski definition) is 0. The molecule has 0 bridgehead atoms. The second-order valence-electron chi connectivity index (χ2n) is 2.69. The molecule has 1 aliphatic carbocycles. The summed E-state index contributed by atoms with van der Waals surface area (Å²) in [5.74, 6) is 1.48. The van der Waals surface area contributed by atoms with Crippen LogP contribution in [0.4, 0.5) is 5.69 Å². The number of nitrogens with zero attached hydrogens (tertiary/aromatic N) is 3. The Balaban J connectivity index is 2.27. The van der Waals surface area contributed by atoms with E-state index in [1.807, 2.05) is 0 Å². The van der Waals surface area contributed by atoms with Crippen molar-refractivity contribution in [2.75, 3.05) is 0 Å². The molecule has 0 aliphatic heterocycles. The van der Waals surface area contributed by atoms with Crippen LogP contribution in [0.2, 0.25) is 0 Å². The van der Waals surface area contributed by atoms with Gasteiger partial charge in [-0.25, -0.2) is 4.85 Å². The van der Waals surface area contributed by atoms with E-state index in [1.165, 1.54) is 12.8 Å². The minimum atomic E-state index is 0.523. The Morgan fingerprint density at radius 1 is 1.36 bits per heavy atom. The van der Waals surface area contributed by atoms with Gasteiger partial charge in [-0.2, -0.15) is 0 Å². The SMILES string of the molecule is [C-]#[N+]c1cnc(C2CC2)nc1. The van der Waals surface area contributed by atoms with Gasteiger partial charge in [0, 0.05) is 18.3 Å². The van der Waals surface area contributed by atoms with E-state index in [1.54, 1.807) is 12.4 Å². The molecule has 54 valence electrons. The van der Waals surface area contributed by atoms with Crippen LogP contribution in [0.5, 0.6) is 0 Å². The Kier molecular flexibility index (Phi) is 1.32. The van der Waals surface area contributed by atoms with Crippen LogP contribution in [0.1, 0.15) is 24.6 Å². The third-order valence-corrected chi connectivity index (χ3v) is 1.73. The van der Waals surface area contributed by atoms with Gasteiger partial charge in [-0.3, -0.25) is 9.97 Å². The fraction of sp³-hybridized carbons (Fsp3) is 0.375. The van der Waals surface area contributed by atoms with Crippen LogP contribution in [0.25, 0.3) is 4.85 Å². The van der Waals surface area contributed by atoms with Crippen molar-refractivity contribution in [3.05, 3.63) is 29.6 Å². The maximum atomic E-state index is 6.68. The monoisotopic (exact) mass is 145 g/mol. The lowest BCUT2D eigenvalue weighted by molar-refractivity contribution is 0.930. The molecule has 0 saturated heterocycles. The first-order chi connectivity index (χ1) is 5.40. The molecule has 2 rings (SSSR count). The lowest BCUT2D eigenvalue weighted by Gasteiger charge is -1.93. The van der Waals surface area contributed by atoms with E-state index >= 15 is 0 Å². The van der Waals surface area contributed by atoms with Crippen LogP contribution >= 0.6 is 0 Å². The Morgan fingerprint density at radius 3 is 2.45 bits per heavy atom. The van der Waals surface area contributed by atoms with Crippen molar-refractivity contribution < 1.29 is 0 Å². The predicted octanol–water partition coefficient (Wildman–Crippen LogP) is 1.90. The zero-order valence-corrected chi connectivity index (χ0v) is 5.99. The molecule has 0 spiro atoms. The van der Waals surface area contributed by atoms with E-state index < -0.39 is 0 Å². The van der Waals surface area contributed by atoms with Crippen LogP contribution in [0.15, 0.2) is 12.4 Å². The summed E-state index contributed by atoms with van der Waals surface area (Å²) in [5, 5.41) is 0. The molecule has 0 amide bonds. The molecule has 0 N–H and O–H groups in total.